The van der Waals surface area contributed by atoms with E-state index in [4.69, 9.17) is 28.9 Å². The maximum absolute atomic E-state index is 12.0. The van der Waals surface area contributed by atoms with Gasteiger partial charge in [0.2, 0.25) is 0 Å². The van der Waals surface area contributed by atoms with Gasteiger partial charge in [-0.25, -0.2) is 0 Å². The van der Waals surface area contributed by atoms with Crippen molar-refractivity contribution in [2.75, 3.05) is 5.73 Å². The molecule has 0 aliphatic carbocycles. The van der Waals surface area contributed by atoms with Crippen molar-refractivity contribution in [3.8, 4) is 0 Å². The summed E-state index contributed by atoms with van der Waals surface area (Å²) < 4.78 is 1.02. The highest BCUT2D eigenvalue weighted by atomic mass is 79.9. The van der Waals surface area contributed by atoms with E-state index in [-0.39, 0.29) is 21.6 Å². The molecule has 7 heteroatoms. The molecule has 1 heterocycles. The quantitative estimate of drug-likeness (QED) is 0.779. The smallest absolute Gasteiger partial charge is 0.251 e. The number of nitrogens with one attached hydrogen (secondary N) is 1. The summed E-state index contributed by atoms with van der Waals surface area (Å²) in [7, 11) is 0. The van der Waals surface area contributed by atoms with E-state index in [1.807, 2.05) is 12.1 Å². The molecule has 3 nitrogen and oxygen atoms in total. The number of nitrogen functional groups attached to an aromatic ring is 1. The summed E-state index contributed by atoms with van der Waals surface area (Å²) in [5.74, 6) is -0.242. The third-order valence-corrected chi connectivity index (χ3v) is 4.64. The van der Waals surface area contributed by atoms with Gasteiger partial charge in [-0.1, -0.05) is 23.2 Å². The van der Waals surface area contributed by atoms with Crippen molar-refractivity contribution in [2.24, 2.45) is 0 Å². The lowest BCUT2D eigenvalue weighted by molar-refractivity contribution is 0.0951. The third-order valence-electron chi connectivity index (χ3n) is 2.39. The van der Waals surface area contributed by atoms with Gasteiger partial charge in [0.05, 0.1) is 26.1 Å². The average molecular weight is 380 g/mol. The molecule has 0 aliphatic heterocycles. The topological polar surface area (TPSA) is 55.1 Å². The van der Waals surface area contributed by atoms with Crippen molar-refractivity contribution < 1.29 is 4.79 Å². The fourth-order valence-corrected chi connectivity index (χ4v) is 3.34. The Bertz CT molecular complexity index is 607. The SMILES string of the molecule is Nc1c(Cl)cc(C(=O)NCc2ccc(Br)s2)cc1Cl. The van der Waals surface area contributed by atoms with Crippen molar-refractivity contribution in [3.63, 3.8) is 0 Å². The van der Waals surface area contributed by atoms with Gasteiger partial charge in [0.1, 0.15) is 0 Å². The number of rotatable bonds is 3. The highest BCUT2D eigenvalue weighted by Crippen LogP contribution is 2.29. The molecule has 0 aliphatic rings. The molecule has 2 rings (SSSR count). The van der Waals surface area contributed by atoms with Crippen LogP contribution in [0.1, 0.15) is 15.2 Å². The molecule has 0 atom stereocenters. The van der Waals surface area contributed by atoms with Gasteiger partial charge in [-0.3, -0.25) is 4.79 Å². The normalized spacial score (nSPS) is 10.5. The van der Waals surface area contributed by atoms with Crippen LogP contribution in [-0.2, 0) is 6.54 Å². The van der Waals surface area contributed by atoms with Crippen molar-refractivity contribution in [2.45, 2.75) is 6.54 Å². The van der Waals surface area contributed by atoms with Gasteiger partial charge in [0, 0.05) is 10.4 Å². The molecule has 0 unspecified atom stereocenters. The van der Waals surface area contributed by atoms with Crippen molar-refractivity contribution in [1.82, 2.24) is 5.32 Å². The minimum atomic E-state index is -0.242. The molecular formula is C12H9BrCl2N2OS. The molecule has 0 fully saturated rings. The molecule has 0 bridgehead atoms. The molecule has 0 radical (unpaired) electrons. The molecule has 1 amide bonds. The first-order chi connectivity index (χ1) is 8.97. The molecule has 0 saturated heterocycles. The predicted octanol–water partition coefficient (Wildman–Crippen LogP) is 4.33. The van der Waals surface area contributed by atoms with E-state index in [2.05, 4.69) is 21.2 Å². The Morgan fingerprint density at radius 1 is 1.32 bits per heavy atom. The number of hydrogen-bond donors (Lipinski definition) is 2. The Labute approximate surface area is 132 Å². The van der Waals surface area contributed by atoms with E-state index in [9.17, 15) is 4.79 Å². The summed E-state index contributed by atoms with van der Waals surface area (Å²) in [6, 6.07) is 6.88. The highest BCUT2D eigenvalue weighted by molar-refractivity contribution is 9.11. The number of amides is 1. The van der Waals surface area contributed by atoms with Crippen LogP contribution in [-0.4, -0.2) is 5.91 Å². The highest BCUT2D eigenvalue weighted by Gasteiger charge is 2.11. The van der Waals surface area contributed by atoms with Crippen molar-refractivity contribution >= 4 is 62.1 Å². The molecule has 100 valence electrons. The van der Waals surface area contributed by atoms with Crippen LogP contribution in [0.3, 0.4) is 0 Å². The van der Waals surface area contributed by atoms with E-state index in [1.165, 1.54) is 12.1 Å². The summed E-state index contributed by atoms with van der Waals surface area (Å²) in [5.41, 5.74) is 6.29. The molecule has 0 saturated carbocycles. The van der Waals surface area contributed by atoms with Crippen molar-refractivity contribution in [1.29, 1.82) is 0 Å². The maximum Gasteiger partial charge on any atom is 0.251 e. The number of benzene rings is 1. The average Bonchev–Trinajstić information content (AvgIpc) is 2.78. The Hall–Kier alpha value is -0.750. The van der Waals surface area contributed by atoms with Crippen LogP contribution in [0, 0.1) is 0 Å². The van der Waals surface area contributed by atoms with E-state index in [0.717, 1.165) is 8.66 Å². The second-order valence-electron chi connectivity index (χ2n) is 3.74. The Balaban J connectivity index is 2.08. The summed E-state index contributed by atoms with van der Waals surface area (Å²) in [6.45, 7) is 0.453. The molecule has 1 aromatic carbocycles. The van der Waals surface area contributed by atoms with Crippen LogP contribution in [0.2, 0.25) is 10.0 Å². The number of anilines is 1. The third kappa shape index (κ3) is 3.63. The molecule has 3 N–H and O–H groups in total. The van der Waals surface area contributed by atoms with Gasteiger partial charge in [0.15, 0.2) is 0 Å². The number of nitrogens with two attached hydrogens (primary N) is 1. The zero-order valence-electron chi connectivity index (χ0n) is 9.54. The van der Waals surface area contributed by atoms with Crippen LogP contribution >= 0.6 is 50.5 Å². The zero-order valence-corrected chi connectivity index (χ0v) is 13.5. The van der Waals surface area contributed by atoms with Gasteiger partial charge in [-0.15, -0.1) is 11.3 Å². The van der Waals surface area contributed by atoms with Crippen molar-refractivity contribution in [3.05, 3.63) is 48.5 Å². The zero-order chi connectivity index (χ0) is 14.0. The van der Waals surface area contributed by atoms with E-state index in [1.54, 1.807) is 11.3 Å². The van der Waals surface area contributed by atoms with Crippen LogP contribution in [0.15, 0.2) is 28.1 Å². The molecule has 19 heavy (non-hydrogen) atoms. The Morgan fingerprint density at radius 3 is 2.47 bits per heavy atom. The lowest BCUT2D eigenvalue weighted by Gasteiger charge is -2.07. The van der Waals surface area contributed by atoms with Crippen LogP contribution < -0.4 is 11.1 Å². The number of halogens is 3. The lowest BCUT2D eigenvalue weighted by atomic mass is 10.2. The summed E-state index contributed by atoms with van der Waals surface area (Å²) in [5, 5.41) is 3.34. The second kappa shape index (κ2) is 6.13. The van der Waals surface area contributed by atoms with Crippen LogP contribution in [0.25, 0.3) is 0 Å². The number of carbonyl (C=O) groups is 1. The fraction of sp³-hybridized carbons (Fsp3) is 0.0833. The first-order valence-corrected chi connectivity index (χ1v) is 7.61. The van der Waals surface area contributed by atoms with Gasteiger partial charge in [-0.2, -0.15) is 0 Å². The van der Waals surface area contributed by atoms with E-state index >= 15 is 0 Å². The van der Waals surface area contributed by atoms with Crippen LogP contribution in [0.5, 0.6) is 0 Å². The summed E-state index contributed by atoms with van der Waals surface area (Å²) in [4.78, 5) is 13.0. The van der Waals surface area contributed by atoms with Gasteiger partial charge in [0.25, 0.3) is 5.91 Å². The predicted molar refractivity (Wildman–Crippen MR) is 84.1 cm³/mol. The number of carbonyl (C=O) groups excluding carboxylic acids is 1. The first-order valence-electron chi connectivity index (χ1n) is 5.24. The standard InChI is InChI=1S/C12H9BrCl2N2OS/c13-10-2-1-7(19-10)5-17-12(18)6-3-8(14)11(16)9(15)4-6/h1-4H,5,16H2,(H,17,18). The molecular weight excluding hydrogens is 371 g/mol. The number of thiophene rings is 1. The van der Waals surface area contributed by atoms with Crippen LogP contribution in [0.4, 0.5) is 5.69 Å². The number of hydrogen-bond acceptors (Lipinski definition) is 3. The van der Waals surface area contributed by atoms with E-state index in [0.29, 0.717) is 12.1 Å². The van der Waals surface area contributed by atoms with E-state index < -0.39 is 0 Å². The van der Waals surface area contributed by atoms with Gasteiger partial charge in [-0.05, 0) is 40.2 Å². The van der Waals surface area contributed by atoms with Gasteiger partial charge >= 0.3 is 0 Å². The Kier molecular flexibility index (Phi) is 4.73. The largest absolute Gasteiger partial charge is 0.396 e. The van der Waals surface area contributed by atoms with Gasteiger partial charge < -0.3 is 11.1 Å². The maximum atomic E-state index is 12.0. The summed E-state index contributed by atoms with van der Waals surface area (Å²) >= 11 is 16.7. The lowest BCUT2D eigenvalue weighted by Crippen LogP contribution is -2.22. The monoisotopic (exact) mass is 378 g/mol. The minimum absolute atomic E-state index is 0.242. The minimum Gasteiger partial charge on any atom is -0.396 e. The Morgan fingerprint density at radius 2 is 1.95 bits per heavy atom. The molecule has 0 spiro atoms. The second-order valence-corrected chi connectivity index (χ2v) is 7.10. The molecule has 2 aromatic rings. The molecule has 1 aromatic heterocycles. The first kappa shape index (κ1) is 14.7. The summed E-state index contributed by atoms with van der Waals surface area (Å²) in [6.07, 6.45) is 0. The fourth-order valence-electron chi connectivity index (χ4n) is 1.43.